The quantitative estimate of drug-likeness (QED) is 0.835. The van der Waals surface area contributed by atoms with Gasteiger partial charge in [0, 0.05) is 11.9 Å². The molecule has 1 aliphatic rings. The first-order valence-corrected chi connectivity index (χ1v) is 6.37. The summed E-state index contributed by atoms with van der Waals surface area (Å²) in [4.78, 5) is 11.8. The van der Waals surface area contributed by atoms with Crippen LogP contribution in [0.15, 0.2) is 30.0 Å². The number of benzene rings is 1. The lowest BCUT2D eigenvalue weighted by molar-refractivity contribution is 0.255. The first-order chi connectivity index (χ1) is 8.56. The molecule has 3 nitrogen and oxygen atoms in total. The molecule has 2 rings (SSSR count). The van der Waals surface area contributed by atoms with Crippen molar-refractivity contribution in [3.63, 3.8) is 0 Å². The summed E-state index contributed by atoms with van der Waals surface area (Å²) in [6.45, 7) is 6.07. The van der Waals surface area contributed by atoms with E-state index < -0.39 is 0 Å². The van der Waals surface area contributed by atoms with Gasteiger partial charge in [0.05, 0.1) is 0 Å². The van der Waals surface area contributed by atoms with Crippen molar-refractivity contribution in [1.82, 2.24) is 5.32 Å². The standard InChI is InChI=1S/C15H20N2O/c1-10-4-5-11(2)14(8-10)17-15(18)16-9-12(3)13-6-7-13/h4-5,8-9,13H,6-7H2,1-3H3,(H2,16,17,18)/b12-9+. The van der Waals surface area contributed by atoms with Crippen molar-refractivity contribution in [3.8, 4) is 0 Å². The molecule has 1 aliphatic carbocycles. The third kappa shape index (κ3) is 3.36. The number of anilines is 1. The van der Waals surface area contributed by atoms with Gasteiger partial charge >= 0.3 is 6.03 Å². The van der Waals surface area contributed by atoms with Crippen molar-refractivity contribution in [2.75, 3.05) is 5.32 Å². The fourth-order valence-electron chi connectivity index (χ4n) is 1.86. The second-order valence-electron chi connectivity index (χ2n) is 5.08. The highest BCUT2D eigenvalue weighted by Crippen LogP contribution is 2.35. The Morgan fingerprint density at radius 3 is 2.72 bits per heavy atom. The van der Waals surface area contributed by atoms with Gasteiger partial charge in [-0.05, 0) is 56.7 Å². The molecule has 1 aromatic rings. The smallest absolute Gasteiger partial charge is 0.314 e. The van der Waals surface area contributed by atoms with Crippen molar-refractivity contribution < 1.29 is 4.79 Å². The highest BCUT2D eigenvalue weighted by molar-refractivity contribution is 5.90. The van der Waals surface area contributed by atoms with E-state index in [1.165, 1.54) is 18.4 Å². The monoisotopic (exact) mass is 244 g/mol. The Balaban J connectivity index is 1.94. The Bertz CT molecular complexity index is 487. The first-order valence-electron chi connectivity index (χ1n) is 6.37. The van der Waals surface area contributed by atoms with E-state index in [1.807, 2.05) is 38.2 Å². The molecule has 2 amide bonds. The molecule has 0 atom stereocenters. The predicted octanol–water partition coefficient (Wildman–Crippen LogP) is 3.74. The highest BCUT2D eigenvalue weighted by Gasteiger charge is 2.22. The first kappa shape index (κ1) is 12.7. The van der Waals surface area contributed by atoms with Crippen LogP contribution in [-0.4, -0.2) is 6.03 Å². The summed E-state index contributed by atoms with van der Waals surface area (Å²) in [5.41, 5.74) is 4.33. The zero-order chi connectivity index (χ0) is 13.1. The SMILES string of the molecule is C/C(=C\NC(=O)Nc1cc(C)ccc1C)C1CC1. The van der Waals surface area contributed by atoms with Crippen LogP contribution in [0, 0.1) is 19.8 Å². The summed E-state index contributed by atoms with van der Waals surface area (Å²) < 4.78 is 0. The molecule has 0 radical (unpaired) electrons. The normalized spacial score (nSPS) is 15.4. The number of carbonyl (C=O) groups excluding carboxylic acids is 1. The molecule has 1 fully saturated rings. The average Bonchev–Trinajstić information content (AvgIpc) is 3.15. The minimum Gasteiger partial charge on any atom is -0.314 e. The van der Waals surface area contributed by atoms with Crippen LogP contribution in [0.2, 0.25) is 0 Å². The molecule has 0 aliphatic heterocycles. The van der Waals surface area contributed by atoms with Crippen LogP contribution < -0.4 is 10.6 Å². The minimum atomic E-state index is -0.177. The summed E-state index contributed by atoms with van der Waals surface area (Å²) in [6.07, 6.45) is 4.32. The van der Waals surface area contributed by atoms with E-state index in [9.17, 15) is 4.79 Å². The third-order valence-corrected chi connectivity index (χ3v) is 3.29. The lowest BCUT2D eigenvalue weighted by atomic mass is 10.1. The van der Waals surface area contributed by atoms with Gasteiger partial charge in [-0.15, -0.1) is 0 Å². The second kappa shape index (κ2) is 5.25. The summed E-state index contributed by atoms with van der Waals surface area (Å²) in [5, 5.41) is 5.66. The van der Waals surface area contributed by atoms with E-state index in [1.54, 1.807) is 0 Å². The van der Waals surface area contributed by atoms with Crippen molar-refractivity contribution in [2.45, 2.75) is 33.6 Å². The number of allylic oxidation sites excluding steroid dienone is 1. The van der Waals surface area contributed by atoms with Gasteiger partial charge in [-0.25, -0.2) is 4.79 Å². The van der Waals surface area contributed by atoms with Crippen LogP contribution in [0.4, 0.5) is 10.5 Å². The van der Waals surface area contributed by atoms with Crippen molar-refractivity contribution in [3.05, 3.63) is 41.1 Å². The minimum absolute atomic E-state index is 0.177. The predicted molar refractivity (Wildman–Crippen MR) is 74.6 cm³/mol. The number of rotatable bonds is 3. The van der Waals surface area contributed by atoms with Gasteiger partial charge in [0.25, 0.3) is 0 Å². The van der Waals surface area contributed by atoms with Gasteiger partial charge < -0.3 is 10.6 Å². The number of hydrogen-bond acceptors (Lipinski definition) is 1. The molecule has 96 valence electrons. The molecule has 0 spiro atoms. The molecule has 1 saturated carbocycles. The Labute approximate surface area is 108 Å². The topological polar surface area (TPSA) is 41.1 Å². The molecule has 2 N–H and O–H groups in total. The fraction of sp³-hybridized carbons (Fsp3) is 0.400. The van der Waals surface area contributed by atoms with Crippen LogP contribution >= 0.6 is 0 Å². The number of aryl methyl sites for hydroxylation is 2. The van der Waals surface area contributed by atoms with Crippen LogP contribution in [-0.2, 0) is 0 Å². The number of hydrogen-bond donors (Lipinski definition) is 2. The Morgan fingerprint density at radius 1 is 1.33 bits per heavy atom. The number of amides is 2. The molecule has 0 aromatic heterocycles. The average molecular weight is 244 g/mol. The third-order valence-electron chi connectivity index (χ3n) is 3.29. The van der Waals surface area contributed by atoms with Crippen LogP contribution in [0.3, 0.4) is 0 Å². The number of urea groups is 1. The van der Waals surface area contributed by atoms with Crippen LogP contribution in [0.5, 0.6) is 0 Å². The van der Waals surface area contributed by atoms with Crippen molar-refractivity contribution >= 4 is 11.7 Å². The fourth-order valence-corrected chi connectivity index (χ4v) is 1.86. The summed E-state index contributed by atoms with van der Waals surface area (Å²) in [5.74, 6) is 0.686. The van der Waals surface area contributed by atoms with Gasteiger partial charge in [-0.1, -0.05) is 17.7 Å². The van der Waals surface area contributed by atoms with Gasteiger partial charge in [-0.3, -0.25) is 0 Å². The lowest BCUT2D eigenvalue weighted by Gasteiger charge is -2.09. The van der Waals surface area contributed by atoms with Gasteiger partial charge in [0.2, 0.25) is 0 Å². The Hall–Kier alpha value is -1.77. The maximum absolute atomic E-state index is 11.8. The summed E-state index contributed by atoms with van der Waals surface area (Å²) in [6, 6.07) is 5.85. The molecule has 0 heterocycles. The Kier molecular flexibility index (Phi) is 3.70. The maximum Gasteiger partial charge on any atom is 0.323 e. The molecular formula is C15H20N2O. The van der Waals surface area contributed by atoms with Gasteiger partial charge in [0.15, 0.2) is 0 Å². The maximum atomic E-state index is 11.8. The Morgan fingerprint density at radius 2 is 2.06 bits per heavy atom. The van der Waals surface area contributed by atoms with E-state index in [2.05, 4.69) is 17.6 Å². The van der Waals surface area contributed by atoms with E-state index >= 15 is 0 Å². The lowest BCUT2D eigenvalue weighted by Crippen LogP contribution is -2.24. The van der Waals surface area contributed by atoms with Crippen LogP contribution in [0.1, 0.15) is 30.9 Å². The molecule has 3 heteroatoms. The summed E-state index contributed by atoms with van der Waals surface area (Å²) >= 11 is 0. The van der Waals surface area contributed by atoms with Crippen molar-refractivity contribution in [2.24, 2.45) is 5.92 Å². The molecular weight excluding hydrogens is 224 g/mol. The second-order valence-corrected chi connectivity index (χ2v) is 5.08. The zero-order valence-corrected chi connectivity index (χ0v) is 11.2. The number of nitrogens with one attached hydrogen (secondary N) is 2. The van der Waals surface area contributed by atoms with E-state index in [0.717, 1.165) is 16.8 Å². The molecule has 0 bridgehead atoms. The molecule has 0 unspecified atom stereocenters. The van der Waals surface area contributed by atoms with E-state index in [0.29, 0.717) is 5.92 Å². The zero-order valence-electron chi connectivity index (χ0n) is 11.2. The molecule has 18 heavy (non-hydrogen) atoms. The molecule has 1 aromatic carbocycles. The highest BCUT2D eigenvalue weighted by atomic mass is 16.2. The largest absolute Gasteiger partial charge is 0.323 e. The van der Waals surface area contributed by atoms with Gasteiger partial charge in [0.1, 0.15) is 0 Å². The van der Waals surface area contributed by atoms with Gasteiger partial charge in [-0.2, -0.15) is 0 Å². The van der Waals surface area contributed by atoms with E-state index in [4.69, 9.17) is 0 Å². The van der Waals surface area contributed by atoms with Crippen molar-refractivity contribution in [1.29, 1.82) is 0 Å². The summed E-state index contributed by atoms with van der Waals surface area (Å²) in [7, 11) is 0. The molecule has 0 saturated heterocycles. The number of carbonyl (C=O) groups is 1. The van der Waals surface area contributed by atoms with Crippen LogP contribution in [0.25, 0.3) is 0 Å². The van der Waals surface area contributed by atoms with E-state index in [-0.39, 0.29) is 6.03 Å².